The van der Waals surface area contributed by atoms with Crippen molar-refractivity contribution in [3.8, 4) is 0 Å². The molecule has 3 heteroatoms. The van der Waals surface area contributed by atoms with Crippen LogP contribution in [0.2, 0.25) is 0 Å². The van der Waals surface area contributed by atoms with Crippen LogP contribution in [0.15, 0.2) is 28.7 Å². The molecule has 0 heterocycles. The summed E-state index contributed by atoms with van der Waals surface area (Å²) in [4.78, 5) is 0. The maximum atomic E-state index is 3.54. The van der Waals surface area contributed by atoms with E-state index < -0.39 is 0 Å². The summed E-state index contributed by atoms with van der Waals surface area (Å²) in [6.45, 7) is 5.50. The SMILES string of the molecule is CSC(C)CNC(C)c1cccc(Br)c1. The highest BCUT2D eigenvalue weighted by Crippen LogP contribution is 2.18. The van der Waals surface area contributed by atoms with Crippen LogP contribution < -0.4 is 5.32 Å². The third-order valence-electron chi connectivity index (χ3n) is 2.46. The lowest BCUT2D eigenvalue weighted by atomic mass is 10.1. The van der Waals surface area contributed by atoms with Crippen LogP contribution >= 0.6 is 27.7 Å². The van der Waals surface area contributed by atoms with Crippen molar-refractivity contribution in [3.63, 3.8) is 0 Å². The standard InChI is InChI=1S/C12H18BrNS/c1-9(15-3)8-14-10(2)11-5-4-6-12(13)7-11/h4-7,9-10,14H,8H2,1-3H3. The lowest BCUT2D eigenvalue weighted by Gasteiger charge is -2.17. The Hall–Kier alpha value is 0.01000. The van der Waals surface area contributed by atoms with Crippen molar-refractivity contribution in [2.45, 2.75) is 25.1 Å². The zero-order chi connectivity index (χ0) is 11.3. The molecule has 0 aliphatic heterocycles. The minimum Gasteiger partial charge on any atom is -0.309 e. The number of rotatable bonds is 5. The lowest BCUT2D eigenvalue weighted by molar-refractivity contribution is 0.576. The molecule has 1 N–H and O–H groups in total. The Bertz CT molecular complexity index is 303. The van der Waals surface area contributed by atoms with Crippen LogP contribution in [0.1, 0.15) is 25.5 Å². The van der Waals surface area contributed by atoms with Crippen molar-refractivity contribution in [2.75, 3.05) is 12.8 Å². The smallest absolute Gasteiger partial charge is 0.0292 e. The Kier molecular flexibility index (Phi) is 5.72. The summed E-state index contributed by atoms with van der Waals surface area (Å²) in [7, 11) is 0. The number of benzene rings is 1. The Balaban J connectivity index is 2.50. The summed E-state index contributed by atoms with van der Waals surface area (Å²) in [5.74, 6) is 0. The Morgan fingerprint density at radius 1 is 1.40 bits per heavy atom. The van der Waals surface area contributed by atoms with Crippen LogP contribution in [0.4, 0.5) is 0 Å². The number of nitrogens with one attached hydrogen (secondary N) is 1. The van der Waals surface area contributed by atoms with Gasteiger partial charge in [-0.2, -0.15) is 11.8 Å². The minimum atomic E-state index is 0.414. The van der Waals surface area contributed by atoms with Crippen LogP contribution in [0.3, 0.4) is 0 Å². The van der Waals surface area contributed by atoms with Gasteiger partial charge >= 0.3 is 0 Å². The van der Waals surface area contributed by atoms with E-state index in [1.165, 1.54) is 5.56 Å². The fourth-order valence-corrected chi connectivity index (χ4v) is 2.00. The van der Waals surface area contributed by atoms with Gasteiger partial charge in [-0.3, -0.25) is 0 Å². The fourth-order valence-electron chi connectivity index (χ4n) is 1.32. The molecule has 1 rings (SSSR count). The molecule has 2 atom stereocenters. The molecule has 0 fully saturated rings. The predicted octanol–water partition coefficient (Wildman–Crippen LogP) is 3.85. The van der Waals surface area contributed by atoms with Crippen molar-refractivity contribution in [2.24, 2.45) is 0 Å². The third-order valence-corrected chi connectivity index (χ3v) is 3.93. The first-order valence-electron chi connectivity index (χ1n) is 5.15. The summed E-state index contributed by atoms with van der Waals surface area (Å²) in [5.41, 5.74) is 1.33. The summed E-state index contributed by atoms with van der Waals surface area (Å²) in [6, 6.07) is 8.88. The quantitative estimate of drug-likeness (QED) is 0.883. The van der Waals surface area contributed by atoms with E-state index in [0.29, 0.717) is 11.3 Å². The van der Waals surface area contributed by atoms with Gasteiger partial charge in [0, 0.05) is 22.3 Å². The normalized spacial score (nSPS) is 14.9. The van der Waals surface area contributed by atoms with E-state index in [2.05, 4.69) is 65.6 Å². The maximum Gasteiger partial charge on any atom is 0.0292 e. The number of hydrogen-bond acceptors (Lipinski definition) is 2. The molecule has 0 aromatic heterocycles. The molecule has 0 aliphatic rings. The molecule has 1 nitrogen and oxygen atoms in total. The van der Waals surface area contributed by atoms with Gasteiger partial charge in [0.2, 0.25) is 0 Å². The van der Waals surface area contributed by atoms with E-state index >= 15 is 0 Å². The molecule has 0 spiro atoms. The largest absolute Gasteiger partial charge is 0.309 e. The Morgan fingerprint density at radius 3 is 2.73 bits per heavy atom. The van der Waals surface area contributed by atoms with Crippen molar-refractivity contribution in [3.05, 3.63) is 34.3 Å². The lowest BCUT2D eigenvalue weighted by Crippen LogP contribution is -2.25. The molecule has 0 saturated carbocycles. The van der Waals surface area contributed by atoms with Crippen molar-refractivity contribution in [1.82, 2.24) is 5.32 Å². The van der Waals surface area contributed by atoms with Crippen LogP contribution in [0.5, 0.6) is 0 Å². The van der Waals surface area contributed by atoms with E-state index in [4.69, 9.17) is 0 Å². The highest BCUT2D eigenvalue weighted by atomic mass is 79.9. The van der Waals surface area contributed by atoms with Gasteiger partial charge in [-0.25, -0.2) is 0 Å². The van der Waals surface area contributed by atoms with Gasteiger partial charge in [-0.15, -0.1) is 0 Å². The van der Waals surface area contributed by atoms with Crippen LogP contribution in [0, 0.1) is 0 Å². The van der Waals surface area contributed by atoms with Gasteiger partial charge in [0.15, 0.2) is 0 Å². The molecule has 2 unspecified atom stereocenters. The van der Waals surface area contributed by atoms with E-state index in [-0.39, 0.29) is 0 Å². The van der Waals surface area contributed by atoms with E-state index in [1.54, 1.807) is 0 Å². The van der Waals surface area contributed by atoms with Crippen LogP contribution in [-0.4, -0.2) is 18.1 Å². The highest BCUT2D eigenvalue weighted by Gasteiger charge is 2.06. The Morgan fingerprint density at radius 2 is 2.13 bits per heavy atom. The first-order chi connectivity index (χ1) is 7.13. The maximum absolute atomic E-state index is 3.54. The molecule has 1 aromatic carbocycles. The van der Waals surface area contributed by atoms with Gasteiger partial charge in [0.05, 0.1) is 0 Å². The average molecular weight is 288 g/mol. The molecule has 0 aliphatic carbocycles. The predicted molar refractivity (Wildman–Crippen MR) is 73.5 cm³/mol. The van der Waals surface area contributed by atoms with Crippen molar-refractivity contribution >= 4 is 27.7 Å². The Labute approximate surface area is 105 Å². The summed E-state index contributed by atoms with van der Waals surface area (Å²) >= 11 is 5.39. The van der Waals surface area contributed by atoms with Crippen molar-refractivity contribution in [1.29, 1.82) is 0 Å². The average Bonchev–Trinajstić information content (AvgIpc) is 2.25. The number of halogens is 1. The molecule has 1 aromatic rings. The first kappa shape index (κ1) is 13.1. The third kappa shape index (κ3) is 4.58. The van der Waals surface area contributed by atoms with E-state index in [0.717, 1.165) is 11.0 Å². The molecule has 0 bridgehead atoms. The van der Waals surface area contributed by atoms with Gasteiger partial charge in [0.25, 0.3) is 0 Å². The van der Waals surface area contributed by atoms with Gasteiger partial charge in [-0.1, -0.05) is 35.0 Å². The molecular formula is C12H18BrNS. The van der Waals surface area contributed by atoms with Gasteiger partial charge < -0.3 is 5.32 Å². The zero-order valence-corrected chi connectivity index (χ0v) is 11.9. The zero-order valence-electron chi connectivity index (χ0n) is 9.46. The van der Waals surface area contributed by atoms with E-state index in [1.807, 2.05) is 11.8 Å². The van der Waals surface area contributed by atoms with Crippen molar-refractivity contribution < 1.29 is 0 Å². The van der Waals surface area contributed by atoms with Crippen LogP contribution in [0.25, 0.3) is 0 Å². The second kappa shape index (κ2) is 6.56. The highest BCUT2D eigenvalue weighted by molar-refractivity contribution is 9.10. The fraction of sp³-hybridized carbons (Fsp3) is 0.500. The molecule has 84 valence electrons. The monoisotopic (exact) mass is 287 g/mol. The van der Waals surface area contributed by atoms with Crippen LogP contribution in [-0.2, 0) is 0 Å². The molecule has 0 saturated heterocycles. The van der Waals surface area contributed by atoms with Gasteiger partial charge in [-0.05, 0) is 30.9 Å². The molecule has 15 heavy (non-hydrogen) atoms. The summed E-state index contributed by atoms with van der Waals surface area (Å²) in [6.07, 6.45) is 2.15. The molecular weight excluding hydrogens is 270 g/mol. The number of thioether (sulfide) groups is 1. The van der Waals surface area contributed by atoms with Gasteiger partial charge in [0.1, 0.15) is 0 Å². The minimum absolute atomic E-state index is 0.414. The molecule has 0 radical (unpaired) electrons. The van der Waals surface area contributed by atoms with E-state index in [9.17, 15) is 0 Å². The summed E-state index contributed by atoms with van der Waals surface area (Å²) in [5, 5.41) is 4.20. The molecule has 0 amide bonds. The first-order valence-corrected chi connectivity index (χ1v) is 7.23. The second-order valence-electron chi connectivity index (χ2n) is 3.73. The number of hydrogen-bond donors (Lipinski definition) is 1. The topological polar surface area (TPSA) is 12.0 Å². The second-order valence-corrected chi connectivity index (χ2v) is 5.92. The summed E-state index contributed by atoms with van der Waals surface area (Å²) < 4.78 is 1.14.